The Morgan fingerprint density at radius 1 is 1.30 bits per heavy atom. The zero-order chi connectivity index (χ0) is 14.0. The third-order valence-electron chi connectivity index (χ3n) is 3.32. The van der Waals surface area contributed by atoms with Crippen molar-refractivity contribution in [2.45, 2.75) is 31.6 Å². The van der Waals surface area contributed by atoms with E-state index in [-0.39, 0.29) is 12.4 Å². The van der Waals surface area contributed by atoms with Gasteiger partial charge in [0.1, 0.15) is 6.04 Å². The number of carboxylic acids is 1. The molecule has 0 bridgehead atoms. The van der Waals surface area contributed by atoms with E-state index in [0.717, 1.165) is 18.6 Å². The Morgan fingerprint density at radius 3 is 2.40 bits per heavy atom. The minimum Gasteiger partial charge on any atom is -0.480 e. The molecule has 1 atom stereocenters. The molecule has 1 fully saturated rings. The molecule has 0 aromatic heterocycles. The molecule has 1 N–H and O–H groups in total. The third kappa shape index (κ3) is 3.86. The second-order valence-electron chi connectivity index (χ2n) is 4.66. The van der Waals surface area contributed by atoms with Crippen molar-refractivity contribution in [3.8, 4) is 0 Å². The van der Waals surface area contributed by atoms with Crippen LogP contribution in [-0.2, 0) is 17.5 Å². The fraction of sp³-hybridized carbons (Fsp3) is 0.462. The molecule has 1 aliphatic rings. The summed E-state index contributed by atoms with van der Waals surface area (Å²) < 4.78 is 37.2. The first-order chi connectivity index (χ1) is 8.88. The molecule has 0 radical (unpaired) electrons. The van der Waals surface area contributed by atoms with Gasteiger partial charge in [-0.2, -0.15) is 13.2 Å². The van der Waals surface area contributed by atoms with E-state index in [9.17, 15) is 18.0 Å². The molecular formula is C13H15ClF3NO2. The summed E-state index contributed by atoms with van der Waals surface area (Å²) in [6.45, 7) is 1.03. The van der Waals surface area contributed by atoms with Crippen molar-refractivity contribution >= 4 is 18.4 Å². The van der Waals surface area contributed by atoms with Crippen molar-refractivity contribution < 1.29 is 23.1 Å². The summed E-state index contributed by atoms with van der Waals surface area (Å²) in [5.41, 5.74) is 0.00797. The monoisotopic (exact) mass is 309 g/mol. The molecule has 0 saturated carbocycles. The number of nitrogens with zero attached hydrogens (tertiary/aromatic N) is 1. The number of alkyl halides is 3. The van der Waals surface area contributed by atoms with E-state index in [1.807, 2.05) is 0 Å². The standard InChI is InChI=1S/C13H14F3NO2.ClH/c14-13(15,16)10-5-3-9(4-6-10)8-17-7-1-2-11(17)12(18)19;/h3-6,11H,1-2,7-8H2,(H,18,19);1H/t11-;/m1./s1. The van der Waals surface area contributed by atoms with Gasteiger partial charge < -0.3 is 5.11 Å². The molecular weight excluding hydrogens is 295 g/mol. The summed E-state index contributed by atoms with van der Waals surface area (Å²) in [5, 5.41) is 9.02. The molecule has 1 aromatic rings. The molecule has 0 unspecified atom stereocenters. The normalized spacial score (nSPS) is 19.6. The molecule has 0 amide bonds. The van der Waals surface area contributed by atoms with E-state index >= 15 is 0 Å². The summed E-state index contributed by atoms with van der Waals surface area (Å²) in [7, 11) is 0. The molecule has 7 heteroatoms. The molecule has 0 spiro atoms. The van der Waals surface area contributed by atoms with Crippen LogP contribution in [0.1, 0.15) is 24.0 Å². The number of halogens is 4. The minimum absolute atomic E-state index is 0. The highest BCUT2D eigenvalue weighted by molar-refractivity contribution is 5.85. The largest absolute Gasteiger partial charge is 0.480 e. The van der Waals surface area contributed by atoms with Crippen molar-refractivity contribution in [3.63, 3.8) is 0 Å². The van der Waals surface area contributed by atoms with Crippen molar-refractivity contribution in [1.82, 2.24) is 4.90 Å². The van der Waals surface area contributed by atoms with Crippen LogP contribution in [-0.4, -0.2) is 28.6 Å². The predicted molar refractivity (Wildman–Crippen MR) is 69.8 cm³/mol. The number of rotatable bonds is 3. The summed E-state index contributed by atoms with van der Waals surface area (Å²) in [5.74, 6) is -0.871. The molecule has 3 nitrogen and oxygen atoms in total. The third-order valence-corrected chi connectivity index (χ3v) is 3.32. The fourth-order valence-corrected chi connectivity index (χ4v) is 2.33. The Bertz CT molecular complexity index is 462. The van der Waals surface area contributed by atoms with Gasteiger partial charge >= 0.3 is 12.1 Å². The van der Waals surface area contributed by atoms with Crippen molar-refractivity contribution in [2.24, 2.45) is 0 Å². The van der Waals surface area contributed by atoms with Crippen molar-refractivity contribution in [1.29, 1.82) is 0 Å². The van der Waals surface area contributed by atoms with Gasteiger partial charge in [0.2, 0.25) is 0 Å². The molecule has 1 aromatic carbocycles. The summed E-state index contributed by atoms with van der Waals surface area (Å²) >= 11 is 0. The summed E-state index contributed by atoms with van der Waals surface area (Å²) in [4.78, 5) is 12.8. The van der Waals surface area contributed by atoms with E-state index in [2.05, 4.69) is 0 Å². The van der Waals surface area contributed by atoms with E-state index < -0.39 is 23.8 Å². The Hall–Kier alpha value is -1.27. The maximum atomic E-state index is 12.4. The molecule has 2 rings (SSSR count). The maximum Gasteiger partial charge on any atom is 0.416 e. The van der Waals surface area contributed by atoms with E-state index in [1.54, 1.807) is 4.90 Å². The lowest BCUT2D eigenvalue weighted by atomic mass is 10.1. The highest BCUT2D eigenvalue weighted by atomic mass is 35.5. The first-order valence-electron chi connectivity index (χ1n) is 6.01. The Balaban J connectivity index is 0.00000200. The number of carboxylic acid groups (broad SMARTS) is 1. The van der Waals surface area contributed by atoms with E-state index in [1.165, 1.54) is 12.1 Å². The van der Waals surface area contributed by atoms with Gasteiger partial charge in [-0.05, 0) is 37.1 Å². The van der Waals surface area contributed by atoms with Crippen molar-refractivity contribution in [2.75, 3.05) is 6.54 Å². The fourth-order valence-electron chi connectivity index (χ4n) is 2.33. The number of aliphatic carboxylic acids is 1. The van der Waals surface area contributed by atoms with Crippen molar-refractivity contribution in [3.05, 3.63) is 35.4 Å². The Labute approximate surface area is 120 Å². The second kappa shape index (κ2) is 6.45. The van der Waals surface area contributed by atoms with Crippen LogP contribution < -0.4 is 0 Å². The topological polar surface area (TPSA) is 40.5 Å². The first-order valence-corrected chi connectivity index (χ1v) is 6.01. The van der Waals surface area contributed by atoms with Crippen LogP contribution in [0.15, 0.2) is 24.3 Å². The predicted octanol–water partition coefficient (Wildman–Crippen LogP) is 3.18. The molecule has 112 valence electrons. The second-order valence-corrected chi connectivity index (χ2v) is 4.66. The van der Waals surface area contributed by atoms with Crippen LogP contribution in [0.4, 0.5) is 13.2 Å². The maximum absolute atomic E-state index is 12.4. The summed E-state index contributed by atoms with van der Waals surface area (Å²) in [6.07, 6.45) is -2.94. The lowest BCUT2D eigenvalue weighted by Gasteiger charge is -2.21. The smallest absolute Gasteiger partial charge is 0.416 e. The molecule has 1 aliphatic heterocycles. The lowest BCUT2D eigenvalue weighted by Crippen LogP contribution is -2.35. The van der Waals surface area contributed by atoms with E-state index in [0.29, 0.717) is 25.1 Å². The van der Waals surface area contributed by atoms with Gasteiger partial charge in [-0.3, -0.25) is 9.69 Å². The zero-order valence-electron chi connectivity index (χ0n) is 10.6. The quantitative estimate of drug-likeness (QED) is 0.932. The van der Waals surface area contributed by atoms with Gasteiger partial charge in [-0.1, -0.05) is 12.1 Å². The number of hydrogen-bond donors (Lipinski definition) is 1. The molecule has 0 aliphatic carbocycles. The number of benzene rings is 1. The highest BCUT2D eigenvalue weighted by Crippen LogP contribution is 2.29. The van der Waals surface area contributed by atoms with Crippen LogP contribution in [0.3, 0.4) is 0 Å². The Morgan fingerprint density at radius 2 is 1.90 bits per heavy atom. The van der Waals surface area contributed by atoms with Gasteiger partial charge in [0.15, 0.2) is 0 Å². The molecule has 1 heterocycles. The lowest BCUT2D eigenvalue weighted by molar-refractivity contribution is -0.142. The zero-order valence-corrected chi connectivity index (χ0v) is 11.4. The van der Waals surface area contributed by atoms with Crippen LogP contribution >= 0.6 is 12.4 Å². The van der Waals surface area contributed by atoms with Gasteiger partial charge in [0, 0.05) is 6.54 Å². The molecule has 20 heavy (non-hydrogen) atoms. The van der Waals surface area contributed by atoms with Gasteiger partial charge in [-0.15, -0.1) is 12.4 Å². The average molecular weight is 310 g/mol. The Kier molecular flexibility index (Phi) is 5.42. The van der Waals surface area contributed by atoms with Crippen LogP contribution in [0.25, 0.3) is 0 Å². The number of likely N-dealkylation sites (tertiary alicyclic amines) is 1. The van der Waals surface area contributed by atoms with Gasteiger partial charge in [0.25, 0.3) is 0 Å². The van der Waals surface area contributed by atoms with Crippen LogP contribution in [0.2, 0.25) is 0 Å². The minimum atomic E-state index is -4.34. The van der Waals surface area contributed by atoms with Crippen LogP contribution in [0, 0.1) is 0 Å². The molecule has 1 saturated heterocycles. The van der Waals surface area contributed by atoms with Gasteiger partial charge in [-0.25, -0.2) is 0 Å². The SMILES string of the molecule is Cl.O=C(O)[C@H]1CCCN1Cc1ccc(C(F)(F)F)cc1. The first kappa shape index (κ1) is 16.8. The van der Waals surface area contributed by atoms with Crippen LogP contribution in [0.5, 0.6) is 0 Å². The van der Waals surface area contributed by atoms with Gasteiger partial charge in [0.05, 0.1) is 5.56 Å². The van der Waals surface area contributed by atoms with E-state index in [4.69, 9.17) is 5.11 Å². The average Bonchev–Trinajstić information content (AvgIpc) is 2.77. The summed E-state index contributed by atoms with van der Waals surface area (Å²) in [6, 6.07) is 4.34. The highest BCUT2D eigenvalue weighted by Gasteiger charge is 2.31. The number of hydrogen-bond acceptors (Lipinski definition) is 2. The number of carbonyl (C=O) groups is 1.